The third-order valence-corrected chi connectivity index (χ3v) is 6.17. The molecule has 26 heavy (non-hydrogen) atoms. The van der Waals surface area contributed by atoms with Gasteiger partial charge in [0.2, 0.25) is 0 Å². The summed E-state index contributed by atoms with van der Waals surface area (Å²) >= 11 is 0.191. The first kappa shape index (κ1) is 18.2. The van der Waals surface area contributed by atoms with Crippen molar-refractivity contribution in [3.63, 3.8) is 0 Å². The second-order valence-corrected chi connectivity index (χ2v) is 7.91. The molecule has 1 heterocycles. The van der Waals surface area contributed by atoms with E-state index in [1.54, 1.807) is 25.4 Å². The molecule has 132 valence electrons. The Morgan fingerprint density at radius 3 is 2.58 bits per heavy atom. The maximum atomic E-state index is 12.2. The van der Waals surface area contributed by atoms with Gasteiger partial charge in [-0.2, -0.15) is 0 Å². The summed E-state index contributed by atoms with van der Waals surface area (Å²) < 4.78 is 8.14. The van der Waals surface area contributed by atoms with E-state index in [0.29, 0.717) is 18.7 Å². The molecule has 1 N–H and O–H groups in total. The van der Waals surface area contributed by atoms with E-state index in [9.17, 15) is 4.79 Å². The number of carbonyl (C=O) groups is 1. The molecule has 0 fully saturated rings. The number of nitrogens with zero attached hydrogens (tertiary/aromatic N) is 1. The average molecular weight is 411 g/mol. The van der Waals surface area contributed by atoms with Crippen LogP contribution in [0.15, 0.2) is 72.9 Å². The molecule has 1 amide bonds. The van der Waals surface area contributed by atoms with Crippen LogP contribution in [0.2, 0.25) is 0 Å². The first-order chi connectivity index (χ1) is 12.8. The fourth-order valence-corrected chi connectivity index (χ4v) is 4.72. The molecule has 0 aliphatic rings. The molecule has 0 atom stereocenters. The predicted molar refractivity (Wildman–Crippen MR) is 105 cm³/mol. The van der Waals surface area contributed by atoms with Crippen LogP contribution < -0.4 is 19.0 Å². The van der Waals surface area contributed by atoms with Crippen LogP contribution in [0.4, 0.5) is 0 Å². The van der Waals surface area contributed by atoms with Crippen LogP contribution in [0.1, 0.15) is 16.1 Å². The van der Waals surface area contributed by atoms with Crippen LogP contribution in [0.25, 0.3) is 0 Å². The van der Waals surface area contributed by atoms with Gasteiger partial charge in [-0.05, 0) is 0 Å². The summed E-state index contributed by atoms with van der Waals surface area (Å²) in [5.41, 5.74) is 1.58. The van der Waals surface area contributed by atoms with Gasteiger partial charge < -0.3 is 0 Å². The van der Waals surface area contributed by atoms with E-state index >= 15 is 0 Å². The van der Waals surface area contributed by atoms with E-state index in [2.05, 4.69) is 40.6 Å². The molecule has 2 aromatic carbocycles. The summed E-state index contributed by atoms with van der Waals surface area (Å²) in [6, 6.07) is 21.9. The number of methoxy groups -OCH3 is 1. The molecule has 4 nitrogen and oxygen atoms in total. The molecule has 1 aromatic heterocycles. The number of carbonyl (C=O) groups excluding carboxylic acids is 1. The molecule has 0 spiro atoms. The van der Waals surface area contributed by atoms with Crippen LogP contribution in [-0.4, -0.2) is 39.5 Å². The fourth-order valence-electron chi connectivity index (χ4n) is 2.58. The maximum absolute atomic E-state index is 12.2. The zero-order valence-corrected chi connectivity index (χ0v) is 16.2. The van der Waals surface area contributed by atoms with Gasteiger partial charge in [-0.1, -0.05) is 0 Å². The molecule has 0 saturated heterocycles. The number of pyridine rings is 1. The molecular weight excluding hydrogens is 391 g/mol. The zero-order valence-electron chi connectivity index (χ0n) is 14.5. The van der Waals surface area contributed by atoms with Crippen molar-refractivity contribution in [2.45, 2.75) is 6.42 Å². The summed E-state index contributed by atoms with van der Waals surface area (Å²) in [6.45, 7) is 0.535. The first-order valence-corrected chi connectivity index (χ1v) is 10.1. The molecule has 3 rings (SSSR count). The Hall–Kier alpha value is -2.62. The minimum atomic E-state index is -0.157. The number of rotatable bonds is 7. The van der Waals surface area contributed by atoms with E-state index in [1.807, 2.05) is 24.3 Å². The SMILES string of the molecule is COc1cccc([Se]c2ccccc2)c1CCNC(=O)c1ccccn1. The minimum absolute atomic E-state index is 0.157. The van der Waals surface area contributed by atoms with E-state index in [1.165, 1.54) is 8.92 Å². The molecule has 0 unspecified atom stereocenters. The monoisotopic (exact) mass is 412 g/mol. The first-order valence-electron chi connectivity index (χ1n) is 8.36. The van der Waals surface area contributed by atoms with Gasteiger partial charge in [-0.3, -0.25) is 0 Å². The summed E-state index contributed by atoms with van der Waals surface area (Å²) in [4.78, 5) is 16.2. The normalized spacial score (nSPS) is 10.3. The van der Waals surface area contributed by atoms with Crippen LogP contribution in [0, 0.1) is 0 Å². The number of aromatic nitrogens is 1. The van der Waals surface area contributed by atoms with Crippen molar-refractivity contribution in [1.82, 2.24) is 10.3 Å². The third-order valence-electron chi connectivity index (χ3n) is 3.84. The third kappa shape index (κ3) is 4.72. The molecule has 3 aromatic rings. The number of ether oxygens (including phenoxy) is 1. The molecule has 0 aliphatic carbocycles. The van der Waals surface area contributed by atoms with Crippen molar-refractivity contribution in [1.29, 1.82) is 0 Å². The van der Waals surface area contributed by atoms with Crippen molar-refractivity contribution in [3.05, 3.63) is 84.2 Å². The number of amides is 1. The zero-order chi connectivity index (χ0) is 18.2. The van der Waals surface area contributed by atoms with Gasteiger partial charge in [0.15, 0.2) is 0 Å². The van der Waals surface area contributed by atoms with E-state index in [4.69, 9.17) is 4.74 Å². The summed E-state index contributed by atoms with van der Waals surface area (Å²) in [6.07, 6.45) is 2.34. The van der Waals surface area contributed by atoms with Gasteiger partial charge in [-0.25, -0.2) is 0 Å². The number of hydrogen-bond acceptors (Lipinski definition) is 3. The second-order valence-electron chi connectivity index (χ2n) is 5.57. The molecule has 0 saturated carbocycles. The fraction of sp³-hybridized carbons (Fsp3) is 0.143. The summed E-state index contributed by atoms with van der Waals surface area (Å²) in [5.74, 6) is 0.711. The Labute approximate surface area is 159 Å². The topological polar surface area (TPSA) is 51.2 Å². The van der Waals surface area contributed by atoms with Crippen LogP contribution in [-0.2, 0) is 6.42 Å². The van der Waals surface area contributed by atoms with Crippen molar-refractivity contribution < 1.29 is 9.53 Å². The van der Waals surface area contributed by atoms with Gasteiger partial charge >= 0.3 is 160 Å². The molecule has 0 radical (unpaired) electrons. The van der Waals surface area contributed by atoms with Gasteiger partial charge in [0.1, 0.15) is 0 Å². The number of benzene rings is 2. The Morgan fingerprint density at radius 1 is 1.04 bits per heavy atom. The number of hydrogen-bond donors (Lipinski definition) is 1. The van der Waals surface area contributed by atoms with E-state index < -0.39 is 0 Å². The van der Waals surface area contributed by atoms with Gasteiger partial charge in [0.25, 0.3) is 0 Å². The Balaban J connectivity index is 1.71. The van der Waals surface area contributed by atoms with Gasteiger partial charge in [-0.15, -0.1) is 0 Å². The van der Waals surface area contributed by atoms with Gasteiger partial charge in [0, 0.05) is 0 Å². The number of nitrogens with one attached hydrogen (secondary N) is 1. The van der Waals surface area contributed by atoms with Crippen molar-refractivity contribution in [3.8, 4) is 5.75 Å². The summed E-state index contributed by atoms with van der Waals surface area (Å²) in [7, 11) is 1.69. The molecule has 5 heteroatoms. The molecular formula is C21H20N2O2Se. The Kier molecular flexibility index (Phi) is 6.42. The van der Waals surface area contributed by atoms with Crippen molar-refractivity contribution in [2.24, 2.45) is 0 Å². The van der Waals surface area contributed by atoms with Crippen LogP contribution >= 0.6 is 0 Å². The Morgan fingerprint density at radius 2 is 1.85 bits per heavy atom. The van der Waals surface area contributed by atoms with E-state index in [0.717, 1.165) is 11.3 Å². The predicted octanol–water partition coefficient (Wildman–Crippen LogP) is 1.72. The quantitative estimate of drug-likeness (QED) is 0.603. The average Bonchev–Trinajstić information content (AvgIpc) is 2.70. The summed E-state index contributed by atoms with van der Waals surface area (Å²) in [5, 5.41) is 2.94. The van der Waals surface area contributed by atoms with Crippen LogP contribution in [0.5, 0.6) is 5.75 Å². The van der Waals surface area contributed by atoms with Crippen molar-refractivity contribution >= 4 is 29.8 Å². The standard InChI is InChI=1S/C21H20N2O2Se/c1-25-19-11-7-12-20(26-16-8-3-2-4-9-16)17(19)13-15-23-21(24)18-10-5-6-14-22-18/h2-12,14H,13,15H2,1H3,(H,23,24). The second kappa shape index (κ2) is 9.18. The molecule has 0 bridgehead atoms. The van der Waals surface area contributed by atoms with Crippen molar-refractivity contribution in [2.75, 3.05) is 13.7 Å². The van der Waals surface area contributed by atoms with Crippen LogP contribution in [0.3, 0.4) is 0 Å². The molecule has 0 aliphatic heterocycles. The van der Waals surface area contributed by atoms with E-state index in [-0.39, 0.29) is 20.9 Å². The Bertz CT molecular complexity index is 854. The van der Waals surface area contributed by atoms with Gasteiger partial charge in [0.05, 0.1) is 0 Å².